The molecule has 0 saturated carbocycles. The highest BCUT2D eigenvalue weighted by atomic mass is 32.1. The van der Waals surface area contributed by atoms with Crippen molar-refractivity contribution in [3.63, 3.8) is 0 Å². The number of nitrogens with two attached hydrogens (primary N) is 1. The van der Waals surface area contributed by atoms with Gasteiger partial charge in [0.2, 0.25) is 0 Å². The van der Waals surface area contributed by atoms with Crippen LogP contribution >= 0.6 is 11.3 Å². The average molecular weight is 289 g/mol. The first-order chi connectivity index (χ1) is 9.58. The first-order valence-corrected chi connectivity index (χ1v) is 7.92. The van der Waals surface area contributed by atoms with E-state index in [9.17, 15) is 0 Å². The number of thiazole rings is 1. The fourth-order valence-corrected chi connectivity index (χ4v) is 3.17. The van der Waals surface area contributed by atoms with Crippen molar-refractivity contribution < 1.29 is 0 Å². The summed E-state index contributed by atoms with van der Waals surface area (Å²) in [7, 11) is 0. The summed E-state index contributed by atoms with van der Waals surface area (Å²) in [5, 5.41) is 3.21. The minimum Gasteiger partial charge on any atom is -0.271 e. The van der Waals surface area contributed by atoms with E-state index in [-0.39, 0.29) is 6.04 Å². The molecule has 0 spiro atoms. The molecular formula is C16H23N3S. The SMILES string of the molecule is Cc1csc(CC(NN)c2cccc(CC(C)C)c2)n1. The molecule has 2 rings (SSSR count). The van der Waals surface area contributed by atoms with Gasteiger partial charge < -0.3 is 0 Å². The number of rotatable bonds is 6. The molecule has 1 atom stereocenters. The van der Waals surface area contributed by atoms with Crippen LogP contribution in [0.15, 0.2) is 29.6 Å². The topological polar surface area (TPSA) is 50.9 Å². The van der Waals surface area contributed by atoms with Gasteiger partial charge in [0.25, 0.3) is 0 Å². The van der Waals surface area contributed by atoms with E-state index >= 15 is 0 Å². The van der Waals surface area contributed by atoms with Crippen LogP contribution < -0.4 is 11.3 Å². The Kier molecular flexibility index (Phi) is 5.29. The molecule has 20 heavy (non-hydrogen) atoms. The molecule has 0 radical (unpaired) electrons. The van der Waals surface area contributed by atoms with Crippen molar-refractivity contribution in [2.24, 2.45) is 11.8 Å². The number of hydrogen-bond donors (Lipinski definition) is 2. The lowest BCUT2D eigenvalue weighted by molar-refractivity contribution is 0.549. The van der Waals surface area contributed by atoms with Gasteiger partial charge >= 0.3 is 0 Å². The molecule has 0 aliphatic heterocycles. The molecule has 0 aliphatic rings. The normalized spacial score (nSPS) is 12.8. The summed E-state index contributed by atoms with van der Waals surface area (Å²) in [5.74, 6) is 6.40. The fourth-order valence-electron chi connectivity index (χ4n) is 2.35. The van der Waals surface area contributed by atoms with E-state index in [1.165, 1.54) is 11.1 Å². The van der Waals surface area contributed by atoms with Crippen LogP contribution in [0.4, 0.5) is 0 Å². The van der Waals surface area contributed by atoms with Crippen LogP contribution in [0.25, 0.3) is 0 Å². The van der Waals surface area contributed by atoms with Crippen molar-refractivity contribution >= 4 is 11.3 Å². The summed E-state index contributed by atoms with van der Waals surface area (Å²) >= 11 is 1.70. The van der Waals surface area contributed by atoms with Gasteiger partial charge in [0.15, 0.2) is 0 Å². The maximum atomic E-state index is 5.74. The van der Waals surface area contributed by atoms with Crippen LogP contribution in [-0.2, 0) is 12.8 Å². The van der Waals surface area contributed by atoms with Gasteiger partial charge in [-0.3, -0.25) is 11.3 Å². The van der Waals surface area contributed by atoms with E-state index in [4.69, 9.17) is 5.84 Å². The largest absolute Gasteiger partial charge is 0.271 e. The molecule has 0 bridgehead atoms. The number of hydrogen-bond acceptors (Lipinski definition) is 4. The molecular weight excluding hydrogens is 266 g/mol. The molecule has 108 valence electrons. The Balaban J connectivity index is 2.14. The number of hydrazine groups is 1. The third kappa shape index (κ3) is 4.13. The first kappa shape index (κ1) is 15.2. The van der Waals surface area contributed by atoms with Gasteiger partial charge in [0.1, 0.15) is 0 Å². The van der Waals surface area contributed by atoms with Gasteiger partial charge in [0, 0.05) is 17.5 Å². The van der Waals surface area contributed by atoms with Gasteiger partial charge in [-0.15, -0.1) is 11.3 Å². The molecule has 3 N–H and O–H groups in total. The Morgan fingerprint density at radius 2 is 2.10 bits per heavy atom. The summed E-state index contributed by atoms with van der Waals surface area (Å²) in [6.07, 6.45) is 1.93. The molecule has 1 aromatic carbocycles. The van der Waals surface area contributed by atoms with E-state index in [1.807, 2.05) is 6.92 Å². The van der Waals surface area contributed by atoms with Crippen LogP contribution in [-0.4, -0.2) is 4.98 Å². The minimum absolute atomic E-state index is 0.118. The number of benzene rings is 1. The van der Waals surface area contributed by atoms with E-state index in [1.54, 1.807) is 11.3 Å². The molecule has 1 heterocycles. The molecule has 0 fully saturated rings. The van der Waals surface area contributed by atoms with E-state index in [2.05, 4.69) is 53.9 Å². The summed E-state index contributed by atoms with van der Waals surface area (Å²) in [6.45, 7) is 6.50. The molecule has 4 heteroatoms. The first-order valence-electron chi connectivity index (χ1n) is 7.04. The van der Waals surface area contributed by atoms with Crippen molar-refractivity contribution in [2.45, 2.75) is 39.7 Å². The quantitative estimate of drug-likeness (QED) is 0.633. The van der Waals surface area contributed by atoms with E-state index < -0.39 is 0 Å². The second kappa shape index (κ2) is 6.97. The molecule has 0 saturated heterocycles. The van der Waals surface area contributed by atoms with Gasteiger partial charge in [-0.1, -0.05) is 38.1 Å². The number of aryl methyl sites for hydroxylation is 1. The highest BCUT2D eigenvalue weighted by Gasteiger charge is 2.13. The smallest absolute Gasteiger partial charge is 0.0947 e. The maximum Gasteiger partial charge on any atom is 0.0947 e. The van der Waals surface area contributed by atoms with Crippen LogP contribution in [0.2, 0.25) is 0 Å². The fraction of sp³-hybridized carbons (Fsp3) is 0.438. The summed E-state index contributed by atoms with van der Waals surface area (Å²) < 4.78 is 0. The minimum atomic E-state index is 0.118. The predicted molar refractivity (Wildman–Crippen MR) is 85.6 cm³/mol. The molecule has 0 amide bonds. The lowest BCUT2D eigenvalue weighted by Crippen LogP contribution is -2.29. The standard InChI is InChI=1S/C16H23N3S/c1-11(2)7-13-5-4-6-14(8-13)15(19-17)9-16-18-12(3)10-20-16/h4-6,8,10-11,15,19H,7,9,17H2,1-3H3. The molecule has 3 nitrogen and oxygen atoms in total. The zero-order valence-electron chi connectivity index (χ0n) is 12.4. The van der Waals surface area contributed by atoms with Crippen molar-refractivity contribution in [3.8, 4) is 0 Å². The van der Waals surface area contributed by atoms with Crippen LogP contribution in [0, 0.1) is 12.8 Å². The molecule has 1 aromatic heterocycles. The Hall–Kier alpha value is -1.23. The maximum absolute atomic E-state index is 5.74. The summed E-state index contributed by atoms with van der Waals surface area (Å²) in [5.41, 5.74) is 6.60. The van der Waals surface area contributed by atoms with E-state index in [0.717, 1.165) is 23.5 Å². The lowest BCUT2D eigenvalue weighted by atomic mass is 9.97. The highest BCUT2D eigenvalue weighted by Crippen LogP contribution is 2.22. The second-order valence-electron chi connectivity index (χ2n) is 5.65. The number of nitrogens with zero attached hydrogens (tertiary/aromatic N) is 1. The predicted octanol–water partition coefficient (Wildman–Crippen LogP) is 3.40. The van der Waals surface area contributed by atoms with Crippen LogP contribution in [0.3, 0.4) is 0 Å². The summed E-state index contributed by atoms with van der Waals surface area (Å²) in [6, 6.07) is 8.81. The van der Waals surface area contributed by atoms with Gasteiger partial charge in [-0.05, 0) is 30.4 Å². The lowest BCUT2D eigenvalue weighted by Gasteiger charge is -2.16. The Morgan fingerprint density at radius 3 is 2.70 bits per heavy atom. The summed E-state index contributed by atoms with van der Waals surface area (Å²) in [4.78, 5) is 4.52. The van der Waals surface area contributed by atoms with Crippen molar-refractivity contribution in [1.82, 2.24) is 10.4 Å². The van der Waals surface area contributed by atoms with E-state index in [0.29, 0.717) is 5.92 Å². The third-order valence-electron chi connectivity index (χ3n) is 3.24. The van der Waals surface area contributed by atoms with Crippen LogP contribution in [0.1, 0.15) is 41.7 Å². The van der Waals surface area contributed by atoms with Crippen molar-refractivity contribution in [2.75, 3.05) is 0 Å². The Labute approximate surface area is 125 Å². The van der Waals surface area contributed by atoms with Crippen molar-refractivity contribution in [3.05, 3.63) is 51.5 Å². The Bertz CT molecular complexity index is 548. The average Bonchev–Trinajstić information content (AvgIpc) is 2.81. The molecule has 1 unspecified atom stereocenters. The van der Waals surface area contributed by atoms with Gasteiger partial charge in [0.05, 0.1) is 11.0 Å². The Morgan fingerprint density at radius 1 is 1.30 bits per heavy atom. The zero-order chi connectivity index (χ0) is 14.5. The van der Waals surface area contributed by atoms with Crippen molar-refractivity contribution in [1.29, 1.82) is 0 Å². The second-order valence-corrected chi connectivity index (χ2v) is 6.59. The molecule has 2 aromatic rings. The number of nitrogens with one attached hydrogen (secondary N) is 1. The molecule has 0 aliphatic carbocycles. The third-order valence-corrected chi connectivity index (χ3v) is 4.23. The van der Waals surface area contributed by atoms with Gasteiger partial charge in [-0.2, -0.15) is 0 Å². The zero-order valence-corrected chi connectivity index (χ0v) is 13.2. The number of aromatic nitrogens is 1. The monoisotopic (exact) mass is 289 g/mol. The van der Waals surface area contributed by atoms with Gasteiger partial charge in [-0.25, -0.2) is 4.98 Å². The highest BCUT2D eigenvalue weighted by molar-refractivity contribution is 7.09. The van der Waals surface area contributed by atoms with Crippen LogP contribution in [0.5, 0.6) is 0 Å².